The highest BCUT2D eigenvalue weighted by atomic mass is 16.5. The van der Waals surface area contributed by atoms with Crippen molar-refractivity contribution in [3.05, 3.63) is 24.3 Å². The maximum atomic E-state index is 12.5. The van der Waals surface area contributed by atoms with Gasteiger partial charge >= 0.3 is 5.97 Å². The van der Waals surface area contributed by atoms with Gasteiger partial charge in [0.2, 0.25) is 11.8 Å². The molecule has 0 unspecified atom stereocenters. The largest absolute Gasteiger partial charge is 0.495 e. The third-order valence-corrected chi connectivity index (χ3v) is 4.97. The van der Waals surface area contributed by atoms with Crippen molar-refractivity contribution in [1.29, 1.82) is 0 Å². The van der Waals surface area contributed by atoms with Gasteiger partial charge < -0.3 is 20.1 Å². The highest BCUT2D eigenvalue weighted by Crippen LogP contribution is 2.40. The maximum Gasteiger partial charge on any atom is 0.307 e. The molecule has 0 spiro atoms. The molecule has 2 atom stereocenters. The number of aliphatic carboxylic acids is 1. The molecule has 1 heterocycles. The zero-order valence-corrected chi connectivity index (χ0v) is 14.1. The first kappa shape index (κ1) is 17.3. The van der Waals surface area contributed by atoms with Crippen LogP contribution in [0.4, 0.5) is 5.69 Å². The quantitative estimate of drug-likeness (QED) is 0.844. The van der Waals surface area contributed by atoms with Gasteiger partial charge in [0.15, 0.2) is 0 Å². The zero-order valence-electron chi connectivity index (χ0n) is 14.1. The van der Waals surface area contributed by atoms with Gasteiger partial charge in [-0.2, -0.15) is 0 Å². The summed E-state index contributed by atoms with van der Waals surface area (Å²) in [7, 11) is 1.55. The van der Waals surface area contributed by atoms with Crippen molar-refractivity contribution in [1.82, 2.24) is 4.90 Å². The Kier molecular flexibility index (Phi) is 4.92. The Morgan fingerprint density at radius 3 is 2.44 bits per heavy atom. The van der Waals surface area contributed by atoms with E-state index in [0.717, 1.165) is 0 Å². The number of methoxy groups -OCH3 is 1. The van der Waals surface area contributed by atoms with Gasteiger partial charge in [-0.25, -0.2) is 0 Å². The summed E-state index contributed by atoms with van der Waals surface area (Å²) in [4.78, 5) is 37.3. The van der Waals surface area contributed by atoms with Crippen molar-refractivity contribution in [2.75, 3.05) is 25.5 Å². The first-order valence-electron chi connectivity index (χ1n) is 8.46. The summed E-state index contributed by atoms with van der Waals surface area (Å²) in [5.41, 5.74) is 0.635. The minimum Gasteiger partial charge on any atom is -0.495 e. The Labute approximate surface area is 146 Å². The van der Waals surface area contributed by atoms with Crippen molar-refractivity contribution in [3.8, 4) is 5.75 Å². The number of carboxylic acids is 1. The summed E-state index contributed by atoms with van der Waals surface area (Å²) in [6.45, 7) is 0.983. The van der Waals surface area contributed by atoms with Gasteiger partial charge in [-0.15, -0.1) is 0 Å². The SMILES string of the molecule is COc1ccccc1NC(=O)C1CCN(C(=O)[C@H]2C[C@@H]2C(=O)O)CC1. The molecule has 1 aromatic carbocycles. The normalized spacial score (nSPS) is 23.0. The molecule has 1 aromatic rings. The van der Waals surface area contributed by atoms with Crippen LogP contribution in [-0.2, 0) is 14.4 Å². The first-order chi connectivity index (χ1) is 12.0. The van der Waals surface area contributed by atoms with Crippen LogP contribution in [0.1, 0.15) is 19.3 Å². The number of amides is 2. The summed E-state index contributed by atoms with van der Waals surface area (Å²) in [5, 5.41) is 11.8. The van der Waals surface area contributed by atoms with E-state index < -0.39 is 11.9 Å². The number of nitrogens with zero attached hydrogens (tertiary/aromatic N) is 1. The smallest absolute Gasteiger partial charge is 0.307 e. The Morgan fingerprint density at radius 1 is 1.16 bits per heavy atom. The number of para-hydroxylation sites is 2. The fraction of sp³-hybridized carbons (Fsp3) is 0.500. The average Bonchev–Trinajstić information content (AvgIpc) is 3.43. The number of benzene rings is 1. The second-order valence-electron chi connectivity index (χ2n) is 6.58. The van der Waals surface area contributed by atoms with E-state index in [4.69, 9.17) is 9.84 Å². The van der Waals surface area contributed by atoms with Crippen LogP contribution in [0.3, 0.4) is 0 Å². The second-order valence-corrected chi connectivity index (χ2v) is 6.58. The molecular weight excluding hydrogens is 324 g/mol. The molecular formula is C18H22N2O5. The van der Waals surface area contributed by atoms with Crippen LogP contribution in [-0.4, -0.2) is 48.0 Å². The molecule has 2 aliphatic rings. The van der Waals surface area contributed by atoms with Crippen LogP contribution in [0.2, 0.25) is 0 Å². The molecule has 0 aromatic heterocycles. The van der Waals surface area contributed by atoms with Gasteiger partial charge in [-0.05, 0) is 31.4 Å². The number of nitrogens with one attached hydrogen (secondary N) is 1. The maximum absolute atomic E-state index is 12.5. The lowest BCUT2D eigenvalue weighted by Gasteiger charge is -2.31. The van der Waals surface area contributed by atoms with Gasteiger partial charge in [0.05, 0.1) is 24.6 Å². The lowest BCUT2D eigenvalue weighted by molar-refractivity contribution is -0.142. The van der Waals surface area contributed by atoms with E-state index in [-0.39, 0.29) is 23.7 Å². The average molecular weight is 346 g/mol. The van der Waals surface area contributed by atoms with Crippen LogP contribution in [0, 0.1) is 17.8 Å². The molecule has 0 bridgehead atoms. The topological polar surface area (TPSA) is 95.9 Å². The predicted octanol–water partition coefficient (Wildman–Crippen LogP) is 1.59. The molecule has 2 N–H and O–H groups in total. The molecule has 25 heavy (non-hydrogen) atoms. The third-order valence-electron chi connectivity index (χ3n) is 4.97. The van der Waals surface area contributed by atoms with E-state index in [9.17, 15) is 14.4 Å². The minimum absolute atomic E-state index is 0.0774. The van der Waals surface area contributed by atoms with Crippen molar-refractivity contribution in [2.45, 2.75) is 19.3 Å². The van der Waals surface area contributed by atoms with Crippen molar-refractivity contribution < 1.29 is 24.2 Å². The molecule has 7 nitrogen and oxygen atoms in total. The van der Waals surface area contributed by atoms with Crippen LogP contribution in [0.25, 0.3) is 0 Å². The minimum atomic E-state index is -0.899. The number of carbonyl (C=O) groups excluding carboxylic acids is 2. The van der Waals surface area contributed by atoms with Crippen molar-refractivity contribution in [3.63, 3.8) is 0 Å². The lowest BCUT2D eigenvalue weighted by atomic mass is 9.95. The number of ether oxygens (including phenoxy) is 1. The summed E-state index contributed by atoms with van der Waals surface area (Å²) in [6, 6.07) is 7.23. The number of piperidine rings is 1. The standard InChI is InChI=1S/C18H22N2O5/c1-25-15-5-3-2-4-14(15)19-16(21)11-6-8-20(9-7-11)17(22)12-10-13(12)18(23)24/h2-5,11-13H,6-10H2,1H3,(H,19,21)(H,23,24)/t12-,13-/m0/s1. The van der Waals surface area contributed by atoms with Crippen LogP contribution in [0.15, 0.2) is 24.3 Å². The van der Waals surface area contributed by atoms with E-state index in [1.807, 2.05) is 12.1 Å². The molecule has 7 heteroatoms. The molecule has 3 rings (SSSR count). The number of likely N-dealkylation sites (tertiary alicyclic amines) is 1. The molecule has 2 fully saturated rings. The predicted molar refractivity (Wildman–Crippen MR) is 90.2 cm³/mol. The Balaban J connectivity index is 1.51. The Morgan fingerprint density at radius 2 is 1.84 bits per heavy atom. The highest BCUT2D eigenvalue weighted by molar-refractivity contribution is 5.94. The number of carboxylic acid groups (broad SMARTS) is 1. The molecule has 134 valence electrons. The van der Waals surface area contributed by atoms with Gasteiger partial charge in [0.25, 0.3) is 0 Å². The summed E-state index contributed by atoms with van der Waals surface area (Å²) in [5.74, 6) is -1.53. The van der Waals surface area contributed by atoms with Gasteiger partial charge in [-0.3, -0.25) is 14.4 Å². The molecule has 1 aliphatic heterocycles. The van der Waals surface area contributed by atoms with Crippen LogP contribution >= 0.6 is 0 Å². The summed E-state index contributed by atoms with van der Waals surface area (Å²) in [6.07, 6.45) is 1.59. The summed E-state index contributed by atoms with van der Waals surface area (Å²) >= 11 is 0. The molecule has 2 amide bonds. The molecule has 0 radical (unpaired) electrons. The summed E-state index contributed by atoms with van der Waals surface area (Å²) < 4.78 is 5.23. The highest BCUT2D eigenvalue weighted by Gasteiger charge is 2.50. The molecule has 1 saturated carbocycles. The van der Waals surface area contributed by atoms with Crippen LogP contribution in [0.5, 0.6) is 5.75 Å². The monoisotopic (exact) mass is 346 g/mol. The number of hydrogen-bond acceptors (Lipinski definition) is 4. The fourth-order valence-electron chi connectivity index (χ4n) is 3.32. The van der Waals surface area contributed by atoms with E-state index in [2.05, 4.69) is 5.32 Å². The van der Waals surface area contributed by atoms with E-state index in [1.54, 1.807) is 24.1 Å². The van der Waals surface area contributed by atoms with Crippen molar-refractivity contribution >= 4 is 23.5 Å². The van der Waals surface area contributed by atoms with E-state index in [1.165, 1.54) is 0 Å². The number of carbonyl (C=O) groups is 3. The van der Waals surface area contributed by atoms with Crippen LogP contribution < -0.4 is 10.1 Å². The van der Waals surface area contributed by atoms with E-state index in [0.29, 0.717) is 43.8 Å². The molecule has 1 aliphatic carbocycles. The first-order valence-corrected chi connectivity index (χ1v) is 8.46. The fourth-order valence-corrected chi connectivity index (χ4v) is 3.32. The van der Waals surface area contributed by atoms with Gasteiger partial charge in [0, 0.05) is 19.0 Å². The van der Waals surface area contributed by atoms with Gasteiger partial charge in [0.1, 0.15) is 5.75 Å². The second kappa shape index (κ2) is 7.13. The molecule has 1 saturated heterocycles. The third kappa shape index (κ3) is 3.75. The zero-order chi connectivity index (χ0) is 18.0. The Hall–Kier alpha value is -2.57. The van der Waals surface area contributed by atoms with E-state index >= 15 is 0 Å². The Bertz CT molecular complexity index is 682. The number of hydrogen-bond donors (Lipinski definition) is 2. The number of rotatable bonds is 5. The lowest BCUT2D eigenvalue weighted by Crippen LogP contribution is -2.42. The van der Waals surface area contributed by atoms with Crippen molar-refractivity contribution in [2.24, 2.45) is 17.8 Å². The van der Waals surface area contributed by atoms with Gasteiger partial charge in [-0.1, -0.05) is 12.1 Å². The number of anilines is 1.